The third-order valence-corrected chi connectivity index (χ3v) is 8.77. The summed E-state index contributed by atoms with van der Waals surface area (Å²) >= 11 is 8.39. The van der Waals surface area contributed by atoms with Gasteiger partial charge in [-0.2, -0.15) is 0 Å². The molecule has 41 heavy (non-hydrogen) atoms. The molecule has 2 heterocycles. The number of ether oxygens (including phenoxy) is 3. The van der Waals surface area contributed by atoms with Gasteiger partial charge >= 0.3 is 5.97 Å². The summed E-state index contributed by atoms with van der Waals surface area (Å²) in [6.07, 6.45) is 3.47. The molecule has 0 amide bonds. The van der Waals surface area contributed by atoms with Gasteiger partial charge in [0.2, 0.25) is 0 Å². The third kappa shape index (κ3) is 5.43. The summed E-state index contributed by atoms with van der Waals surface area (Å²) in [4.78, 5) is 32.7. The molecule has 0 bridgehead atoms. The van der Waals surface area contributed by atoms with E-state index < -0.39 is 12.0 Å². The molecule has 0 saturated carbocycles. The van der Waals surface area contributed by atoms with E-state index in [9.17, 15) is 9.59 Å². The monoisotopic (exact) mass is 696 g/mol. The molecule has 1 aliphatic rings. The number of fused-ring (bicyclic) bond motifs is 2. The van der Waals surface area contributed by atoms with Gasteiger partial charge in [-0.25, -0.2) is 9.79 Å². The Morgan fingerprint density at radius 3 is 2.59 bits per heavy atom. The van der Waals surface area contributed by atoms with E-state index in [1.165, 1.54) is 11.3 Å². The van der Waals surface area contributed by atoms with E-state index in [1.54, 1.807) is 37.7 Å². The minimum atomic E-state index is -0.804. The normalized spacial score (nSPS) is 15.0. The number of thiazole rings is 1. The molecule has 5 rings (SSSR count). The van der Waals surface area contributed by atoms with Crippen molar-refractivity contribution in [2.24, 2.45) is 4.99 Å². The van der Waals surface area contributed by atoms with Crippen molar-refractivity contribution in [2.75, 3.05) is 20.3 Å². The Balaban J connectivity index is 1.77. The quantitative estimate of drug-likeness (QED) is 0.166. The molecule has 0 saturated heterocycles. The molecule has 1 atom stereocenters. The van der Waals surface area contributed by atoms with Crippen LogP contribution in [0.4, 0.5) is 0 Å². The van der Waals surface area contributed by atoms with Crippen LogP contribution in [-0.2, 0) is 9.53 Å². The molecule has 1 aromatic heterocycles. The molecule has 1 aliphatic heterocycles. The second-order valence-corrected chi connectivity index (χ2v) is 11.8. The van der Waals surface area contributed by atoms with Crippen LogP contribution in [0, 0.1) is 0 Å². The van der Waals surface area contributed by atoms with Crippen molar-refractivity contribution < 1.29 is 19.0 Å². The Bertz CT molecular complexity index is 1880. The number of aromatic nitrogens is 1. The minimum absolute atomic E-state index is 0.190. The van der Waals surface area contributed by atoms with Crippen LogP contribution < -0.4 is 24.4 Å². The summed E-state index contributed by atoms with van der Waals surface area (Å²) < 4.78 is 20.5. The molecule has 7 nitrogen and oxygen atoms in total. The van der Waals surface area contributed by atoms with Crippen molar-refractivity contribution in [3.05, 3.63) is 112 Å². The van der Waals surface area contributed by atoms with Crippen LogP contribution in [0.5, 0.6) is 11.5 Å². The predicted molar refractivity (Wildman–Crippen MR) is 168 cm³/mol. The first-order valence-corrected chi connectivity index (χ1v) is 15.2. The first-order valence-electron chi connectivity index (χ1n) is 12.8. The fraction of sp³-hybridized carbons (Fsp3) is 0.194. The number of hydrogen-bond acceptors (Lipinski definition) is 7. The molecule has 210 valence electrons. The highest BCUT2D eigenvalue weighted by molar-refractivity contribution is 9.11. The molecule has 0 radical (unpaired) electrons. The number of esters is 1. The lowest BCUT2D eigenvalue weighted by molar-refractivity contribution is -0.139. The molecule has 3 aromatic carbocycles. The Kier molecular flexibility index (Phi) is 8.63. The van der Waals surface area contributed by atoms with Crippen LogP contribution in [0.25, 0.3) is 16.8 Å². The van der Waals surface area contributed by atoms with E-state index in [-0.39, 0.29) is 12.2 Å². The lowest BCUT2D eigenvalue weighted by Gasteiger charge is -2.27. The fourth-order valence-corrected chi connectivity index (χ4v) is 7.39. The van der Waals surface area contributed by atoms with Gasteiger partial charge < -0.3 is 14.2 Å². The maximum Gasteiger partial charge on any atom is 0.338 e. The number of carbonyl (C=O) groups is 1. The van der Waals surface area contributed by atoms with Crippen molar-refractivity contribution in [2.45, 2.75) is 19.9 Å². The summed E-state index contributed by atoms with van der Waals surface area (Å²) in [6, 6.07) is 14.6. The summed E-state index contributed by atoms with van der Waals surface area (Å²) in [5, 5.41) is 1.82. The molecule has 4 aromatic rings. The maximum absolute atomic E-state index is 14.2. The van der Waals surface area contributed by atoms with E-state index in [2.05, 4.69) is 38.4 Å². The van der Waals surface area contributed by atoms with E-state index in [1.807, 2.05) is 48.5 Å². The van der Waals surface area contributed by atoms with Crippen molar-refractivity contribution in [3.63, 3.8) is 0 Å². The average molecular weight is 698 g/mol. The Morgan fingerprint density at radius 2 is 1.90 bits per heavy atom. The lowest BCUT2D eigenvalue weighted by Crippen LogP contribution is -2.40. The zero-order valence-corrected chi connectivity index (χ0v) is 26.6. The molecule has 0 spiro atoms. The molecule has 0 unspecified atom stereocenters. The number of halogens is 2. The van der Waals surface area contributed by atoms with Crippen molar-refractivity contribution in [1.29, 1.82) is 0 Å². The molecule has 0 aliphatic carbocycles. The summed E-state index contributed by atoms with van der Waals surface area (Å²) in [5.41, 5.74) is 1.99. The van der Waals surface area contributed by atoms with Crippen molar-refractivity contribution >= 4 is 66.0 Å². The first kappa shape index (κ1) is 29.0. The molecular weight excluding hydrogens is 672 g/mol. The average Bonchev–Trinajstić information content (AvgIpc) is 3.25. The topological polar surface area (TPSA) is 79.1 Å². The first-order chi connectivity index (χ1) is 19.8. The molecule has 10 heteroatoms. The van der Waals surface area contributed by atoms with Crippen LogP contribution in [0.3, 0.4) is 0 Å². The van der Waals surface area contributed by atoms with Gasteiger partial charge in [-0.15, -0.1) is 0 Å². The van der Waals surface area contributed by atoms with Gasteiger partial charge in [0.15, 0.2) is 4.80 Å². The molecule has 0 fully saturated rings. The number of methoxy groups -OCH3 is 1. The summed E-state index contributed by atoms with van der Waals surface area (Å²) in [5.74, 6) is 0.676. The smallest absolute Gasteiger partial charge is 0.338 e. The molecule has 0 N–H and O–H groups in total. The van der Waals surface area contributed by atoms with E-state index >= 15 is 0 Å². The molecular formula is C31H26Br2N2O5S. The predicted octanol–water partition coefficient (Wildman–Crippen LogP) is 6.05. The number of benzene rings is 3. The van der Waals surface area contributed by atoms with Gasteiger partial charge in [-0.05, 0) is 86.3 Å². The zero-order valence-electron chi connectivity index (χ0n) is 22.6. The van der Waals surface area contributed by atoms with Gasteiger partial charge in [0.05, 0.1) is 38.5 Å². The van der Waals surface area contributed by atoms with Crippen LogP contribution in [0.2, 0.25) is 0 Å². The standard InChI is InChI=1S/C31H26Br2N2O5S/c1-5-13-40-28-21(32)14-18(15-22(28)33)16-24-29(36)35-27(25(30(37)39-6-2)17(3)34-31(35)41-24)26-20-10-8-7-9-19(20)11-12-23(26)38-4/h5,7-12,14-16,27H,1,6,13H2,2-4H3/b24-16-/t27-/m1/s1. The highest BCUT2D eigenvalue weighted by atomic mass is 79.9. The second kappa shape index (κ2) is 12.2. The van der Waals surface area contributed by atoms with E-state index in [0.717, 1.165) is 25.3 Å². The van der Waals surface area contributed by atoms with Crippen LogP contribution in [-0.4, -0.2) is 30.9 Å². The maximum atomic E-state index is 14.2. The summed E-state index contributed by atoms with van der Waals surface area (Å²) in [7, 11) is 1.58. The van der Waals surface area contributed by atoms with Crippen LogP contribution >= 0.6 is 43.2 Å². The zero-order chi connectivity index (χ0) is 29.3. The van der Waals surface area contributed by atoms with E-state index in [4.69, 9.17) is 19.2 Å². The number of rotatable bonds is 8. The third-order valence-electron chi connectivity index (χ3n) is 6.60. The van der Waals surface area contributed by atoms with Crippen molar-refractivity contribution in [1.82, 2.24) is 4.57 Å². The van der Waals surface area contributed by atoms with Crippen molar-refractivity contribution in [3.8, 4) is 11.5 Å². The number of hydrogen-bond donors (Lipinski definition) is 0. The highest BCUT2D eigenvalue weighted by Crippen LogP contribution is 2.40. The Morgan fingerprint density at radius 1 is 1.17 bits per heavy atom. The highest BCUT2D eigenvalue weighted by Gasteiger charge is 2.36. The minimum Gasteiger partial charge on any atom is -0.496 e. The Labute approximate surface area is 257 Å². The second-order valence-electron chi connectivity index (χ2n) is 9.12. The SMILES string of the molecule is C=CCOc1c(Br)cc(/C=c2\sc3n(c2=O)[C@@H](c2c(OC)ccc4ccccc24)C(C(=O)OCC)=C(C)N=3)cc1Br. The number of allylic oxidation sites excluding steroid dienone is 1. The summed E-state index contributed by atoms with van der Waals surface area (Å²) in [6.45, 7) is 7.76. The lowest BCUT2D eigenvalue weighted by atomic mass is 9.90. The van der Waals surface area contributed by atoms with Gasteiger partial charge in [0.25, 0.3) is 5.56 Å². The number of nitrogens with zero attached hydrogens (tertiary/aromatic N) is 2. The van der Waals surface area contributed by atoms with Gasteiger partial charge in [0.1, 0.15) is 24.1 Å². The Hall–Kier alpha value is -3.47. The fourth-order valence-electron chi connectivity index (χ4n) is 4.89. The van der Waals surface area contributed by atoms with Gasteiger partial charge in [0, 0.05) is 5.56 Å². The van der Waals surface area contributed by atoms with Crippen LogP contribution in [0.15, 0.2) is 91.2 Å². The van der Waals surface area contributed by atoms with Gasteiger partial charge in [-0.1, -0.05) is 54.3 Å². The van der Waals surface area contributed by atoms with E-state index in [0.29, 0.717) is 44.3 Å². The number of carbonyl (C=O) groups excluding carboxylic acids is 1. The van der Waals surface area contributed by atoms with Gasteiger partial charge in [-0.3, -0.25) is 9.36 Å². The van der Waals surface area contributed by atoms with Crippen LogP contribution in [0.1, 0.15) is 31.0 Å². The largest absolute Gasteiger partial charge is 0.496 e.